The van der Waals surface area contributed by atoms with Gasteiger partial charge in [-0.3, -0.25) is 16.0 Å². The van der Waals surface area contributed by atoms with Gasteiger partial charge in [0.2, 0.25) is 17.9 Å². The largest absolute Gasteiger partial charge is 0.333 e. The van der Waals surface area contributed by atoms with Crippen LogP contribution in [-0.2, 0) is 14.2 Å². The fraction of sp³-hybridized carbons (Fsp3) is 1.00. The van der Waals surface area contributed by atoms with Crippen molar-refractivity contribution >= 4 is 0 Å². The Hall–Kier alpha value is -0.360. The molecule has 0 aromatic rings. The zero-order valence-electron chi connectivity index (χ0n) is 15.3. The van der Waals surface area contributed by atoms with E-state index in [2.05, 4.69) is 73.4 Å². The van der Waals surface area contributed by atoms with Crippen LogP contribution in [0.25, 0.3) is 0 Å². The van der Waals surface area contributed by atoms with Crippen LogP contribution in [0.5, 0.6) is 0 Å². The molecule has 9 nitrogen and oxygen atoms in total. The normalized spacial score (nSPS) is 48.8. The van der Waals surface area contributed by atoms with E-state index < -0.39 is 17.9 Å². The highest BCUT2D eigenvalue weighted by atomic mass is 16.6. The molecule has 4 fully saturated rings. The highest BCUT2D eigenvalue weighted by Crippen LogP contribution is 2.33. The molecule has 0 aromatic heterocycles. The van der Waals surface area contributed by atoms with Crippen LogP contribution < -0.4 is 31.9 Å². The number of rotatable bonds is 0. The van der Waals surface area contributed by atoms with E-state index in [1.54, 1.807) is 0 Å². The molecule has 4 aliphatic heterocycles. The molecular weight excluding hydrogens is 312 g/mol. The van der Waals surface area contributed by atoms with Crippen molar-refractivity contribution in [3.63, 3.8) is 0 Å². The Morgan fingerprint density at radius 3 is 0.875 bits per heavy atom. The monoisotopic (exact) mass is 342 g/mol. The summed E-state index contributed by atoms with van der Waals surface area (Å²) >= 11 is 0. The maximum absolute atomic E-state index is 6.09. The molecule has 0 atom stereocenters. The summed E-state index contributed by atoms with van der Waals surface area (Å²) in [6, 6.07) is 0. The summed E-state index contributed by atoms with van der Waals surface area (Å²) in [4.78, 5) is 0. The van der Waals surface area contributed by atoms with E-state index in [4.69, 9.17) is 14.2 Å². The lowest BCUT2D eigenvalue weighted by atomic mass is 10.1. The van der Waals surface area contributed by atoms with E-state index in [1.165, 1.54) is 0 Å². The first-order chi connectivity index (χ1) is 10.9. The van der Waals surface area contributed by atoms with Crippen molar-refractivity contribution in [2.45, 2.75) is 76.1 Å². The first kappa shape index (κ1) is 17.1. The third-order valence-corrected chi connectivity index (χ3v) is 4.55. The van der Waals surface area contributed by atoms with Crippen LogP contribution in [0.15, 0.2) is 0 Å². The molecule has 0 saturated carbocycles. The number of hydrogen-bond acceptors (Lipinski definition) is 9. The minimum atomic E-state index is -0.990. The van der Waals surface area contributed by atoms with Gasteiger partial charge in [0.25, 0.3) is 0 Å². The van der Waals surface area contributed by atoms with Crippen molar-refractivity contribution in [1.82, 2.24) is 31.9 Å². The maximum atomic E-state index is 6.09. The quantitative estimate of drug-likeness (QED) is 0.324. The Kier molecular flexibility index (Phi) is 3.32. The molecule has 0 bridgehead atoms. The molecule has 0 amide bonds. The highest BCUT2D eigenvalue weighted by molar-refractivity contribution is 5.07. The maximum Gasteiger partial charge on any atom is 0.244 e. The molecule has 4 saturated heterocycles. The number of nitrogens with one attached hydrogen (secondary N) is 6. The van der Waals surface area contributed by atoms with Crippen LogP contribution in [0.4, 0.5) is 0 Å². The van der Waals surface area contributed by atoms with E-state index in [0.29, 0.717) is 19.8 Å². The summed E-state index contributed by atoms with van der Waals surface area (Å²) in [6.45, 7) is 14.2. The Morgan fingerprint density at radius 1 is 0.458 bits per heavy atom. The fourth-order valence-electron chi connectivity index (χ4n) is 3.75. The van der Waals surface area contributed by atoms with E-state index in [1.807, 2.05) is 0 Å². The minimum absolute atomic E-state index is 0.192. The Balaban J connectivity index is 1.68. The molecule has 9 heteroatoms. The smallest absolute Gasteiger partial charge is 0.244 e. The van der Waals surface area contributed by atoms with Crippen LogP contribution in [0.1, 0.15) is 41.5 Å². The summed E-state index contributed by atoms with van der Waals surface area (Å²) in [5, 5.41) is 20.6. The molecule has 0 radical (unpaired) electrons. The van der Waals surface area contributed by atoms with Gasteiger partial charge < -0.3 is 14.2 Å². The van der Waals surface area contributed by atoms with Crippen LogP contribution in [0, 0.1) is 0 Å². The van der Waals surface area contributed by atoms with Gasteiger partial charge in [0.15, 0.2) is 0 Å². The van der Waals surface area contributed by atoms with Crippen LogP contribution in [0.3, 0.4) is 0 Å². The van der Waals surface area contributed by atoms with Gasteiger partial charge in [-0.25, -0.2) is 16.0 Å². The molecule has 4 rings (SSSR count). The molecule has 6 N–H and O–H groups in total. The molecular formula is C15H30N6O3. The molecule has 0 aromatic carbocycles. The summed E-state index contributed by atoms with van der Waals surface area (Å²) in [7, 11) is 0. The lowest BCUT2D eigenvalue weighted by molar-refractivity contribution is -0.277. The average Bonchev–Trinajstić information content (AvgIpc) is 2.93. The van der Waals surface area contributed by atoms with Crippen LogP contribution in [-0.4, -0.2) is 54.4 Å². The standard InChI is InChI=1S/C15H30N6O3/c1-10(2)7-22-13(16-10)19-14(17-11(3,4)8-23-14)21-15(20-13)18-12(5,6)9-24-15/h16-21H,7-9H2,1-6H3. The summed E-state index contributed by atoms with van der Waals surface area (Å²) in [6.07, 6.45) is 0. The lowest BCUT2D eigenvalue weighted by Crippen LogP contribution is -2.93. The van der Waals surface area contributed by atoms with E-state index in [9.17, 15) is 0 Å². The number of ether oxygens (including phenoxy) is 3. The highest BCUT2D eigenvalue weighted by Gasteiger charge is 2.64. The van der Waals surface area contributed by atoms with Gasteiger partial charge >= 0.3 is 0 Å². The van der Waals surface area contributed by atoms with Crippen LogP contribution in [0.2, 0.25) is 0 Å². The number of hydrogen-bond donors (Lipinski definition) is 6. The van der Waals surface area contributed by atoms with E-state index >= 15 is 0 Å². The van der Waals surface area contributed by atoms with E-state index in [-0.39, 0.29) is 16.6 Å². The second kappa shape index (κ2) is 4.67. The average molecular weight is 342 g/mol. The van der Waals surface area contributed by atoms with Gasteiger partial charge in [-0.1, -0.05) is 0 Å². The predicted molar refractivity (Wildman–Crippen MR) is 87.1 cm³/mol. The predicted octanol–water partition coefficient (Wildman–Crippen LogP) is -1.20. The summed E-state index contributed by atoms with van der Waals surface area (Å²) in [5.41, 5.74) is -0.577. The van der Waals surface area contributed by atoms with Crippen molar-refractivity contribution in [2.24, 2.45) is 0 Å². The first-order valence-electron chi connectivity index (χ1n) is 8.54. The summed E-state index contributed by atoms with van der Waals surface area (Å²) < 4.78 is 18.3. The molecule has 0 unspecified atom stereocenters. The molecule has 0 aliphatic carbocycles. The van der Waals surface area contributed by atoms with Gasteiger partial charge in [0.05, 0.1) is 19.8 Å². The van der Waals surface area contributed by atoms with Gasteiger partial charge in [-0.05, 0) is 41.5 Å². The van der Waals surface area contributed by atoms with Gasteiger partial charge in [0.1, 0.15) is 0 Å². The van der Waals surface area contributed by atoms with Gasteiger partial charge in [-0.15, -0.1) is 0 Å². The lowest BCUT2D eigenvalue weighted by Gasteiger charge is -2.53. The molecule has 4 aliphatic rings. The van der Waals surface area contributed by atoms with Gasteiger partial charge in [0, 0.05) is 16.6 Å². The SMILES string of the molecule is CC1(C)COC2(N1)NC1(NC(C)(C)CO1)NC1(NC(C)(C)CO1)N2. The topological polar surface area (TPSA) is 99.9 Å². The van der Waals surface area contributed by atoms with Crippen molar-refractivity contribution in [3.05, 3.63) is 0 Å². The van der Waals surface area contributed by atoms with Gasteiger partial charge in [-0.2, -0.15) is 0 Å². The Labute approximate surface area is 142 Å². The Bertz CT molecular complexity index is 467. The summed E-state index contributed by atoms with van der Waals surface area (Å²) in [5.74, 6) is -2.97. The zero-order chi connectivity index (χ0) is 17.5. The molecule has 138 valence electrons. The molecule has 24 heavy (non-hydrogen) atoms. The van der Waals surface area contributed by atoms with E-state index in [0.717, 1.165) is 0 Å². The van der Waals surface area contributed by atoms with Crippen molar-refractivity contribution < 1.29 is 14.2 Å². The first-order valence-corrected chi connectivity index (χ1v) is 8.54. The molecule has 4 heterocycles. The zero-order valence-corrected chi connectivity index (χ0v) is 15.3. The van der Waals surface area contributed by atoms with Crippen molar-refractivity contribution in [1.29, 1.82) is 0 Å². The minimum Gasteiger partial charge on any atom is -0.333 e. The van der Waals surface area contributed by atoms with Crippen molar-refractivity contribution in [2.75, 3.05) is 19.8 Å². The second-order valence-electron chi connectivity index (χ2n) is 9.31. The third-order valence-electron chi connectivity index (χ3n) is 4.55. The van der Waals surface area contributed by atoms with Crippen molar-refractivity contribution in [3.8, 4) is 0 Å². The second-order valence-corrected chi connectivity index (χ2v) is 9.31. The third kappa shape index (κ3) is 2.87. The van der Waals surface area contributed by atoms with Crippen LogP contribution >= 0.6 is 0 Å². The molecule has 3 spiro atoms. The fourth-order valence-corrected chi connectivity index (χ4v) is 3.75. The Morgan fingerprint density at radius 2 is 0.708 bits per heavy atom.